The number of carbonyl (C=O) groups excluding carboxylic acids is 1. The predicted octanol–water partition coefficient (Wildman–Crippen LogP) is 6.18. The van der Waals surface area contributed by atoms with Crippen molar-refractivity contribution in [3.63, 3.8) is 0 Å². The lowest BCUT2D eigenvalue weighted by Gasteiger charge is -2.25. The monoisotopic (exact) mass is 474 g/mol. The average Bonchev–Trinajstić information content (AvgIpc) is 3.39. The predicted molar refractivity (Wildman–Crippen MR) is 126 cm³/mol. The zero-order chi connectivity index (χ0) is 22.0. The summed E-state index contributed by atoms with van der Waals surface area (Å²) in [5, 5.41) is 11.1. The molecule has 0 saturated carbocycles. The molecule has 1 amide bonds. The fourth-order valence-corrected chi connectivity index (χ4v) is 5.55. The molecule has 4 rings (SSSR count). The molecule has 1 fully saturated rings. The Bertz CT molecular complexity index is 1100. The molecule has 1 aromatic heterocycles. The Morgan fingerprint density at radius 3 is 2.74 bits per heavy atom. The Morgan fingerprint density at radius 2 is 2.00 bits per heavy atom. The summed E-state index contributed by atoms with van der Waals surface area (Å²) >= 11 is 13.9. The van der Waals surface area contributed by atoms with E-state index in [0.29, 0.717) is 15.8 Å². The maximum Gasteiger partial charge on any atom is 0.254 e. The molecule has 2 aromatic carbocycles. The van der Waals surface area contributed by atoms with Crippen LogP contribution in [0.1, 0.15) is 53.1 Å². The van der Waals surface area contributed by atoms with Crippen LogP contribution in [0.25, 0.3) is 0 Å². The number of likely N-dealkylation sites (tertiary alicyclic amines) is 1. The Hall–Kier alpha value is -2.02. The summed E-state index contributed by atoms with van der Waals surface area (Å²) in [5.41, 5.74) is 2.75. The third-order valence-electron chi connectivity index (χ3n) is 5.62. The smallest absolute Gasteiger partial charge is 0.254 e. The first-order valence-corrected chi connectivity index (χ1v) is 12.1. The largest absolute Gasteiger partial charge is 0.328 e. The number of hydrogen-bond donors (Lipinski definition) is 0. The fraction of sp³-hybridized carbons (Fsp3) is 0.348. The molecule has 0 radical (unpaired) electrons. The minimum absolute atomic E-state index is 0.0620. The summed E-state index contributed by atoms with van der Waals surface area (Å²) in [6.07, 6.45) is 1.85. The Kier molecular flexibility index (Phi) is 6.89. The summed E-state index contributed by atoms with van der Waals surface area (Å²) in [6.45, 7) is 5.53. The maximum absolute atomic E-state index is 13.3. The van der Waals surface area contributed by atoms with Crippen LogP contribution in [0, 0.1) is 6.92 Å². The molecule has 0 bridgehead atoms. The highest BCUT2D eigenvalue weighted by atomic mass is 35.5. The number of hydrogen-bond acceptors (Lipinski definition) is 4. The number of thioether (sulfide) groups is 1. The van der Waals surface area contributed by atoms with Crippen LogP contribution in [0.3, 0.4) is 0 Å². The fourth-order valence-electron chi connectivity index (χ4n) is 3.98. The van der Waals surface area contributed by atoms with E-state index in [2.05, 4.69) is 21.7 Å². The molecular formula is C23H24Cl2N4OS. The maximum atomic E-state index is 13.3. The molecule has 1 atom stereocenters. The lowest BCUT2D eigenvalue weighted by molar-refractivity contribution is 0.0726. The van der Waals surface area contributed by atoms with Crippen LogP contribution in [0.5, 0.6) is 0 Å². The molecule has 1 aliphatic heterocycles. The van der Waals surface area contributed by atoms with Crippen molar-refractivity contribution in [2.45, 2.75) is 50.2 Å². The number of nitrogens with zero attached hydrogens (tertiary/aromatic N) is 4. The molecule has 5 nitrogen and oxygen atoms in total. The van der Waals surface area contributed by atoms with E-state index in [9.17, 15) is 4.79 Å². The van der Waals surface area contributed by atoms with Crippen molar-refractivity contribution < 1.29 is 4.79 Å². The van der Waals surface area contributed by atoms with Gasteiger partial charge in [0.1, 0.15) is 0 Å². The number of aryl methyl sites for hydroxylation is 1. The highest BCUT2D eigenvalue weighted by Crippen LogP contribution is 2.35. The number of amides is 1. The Morgan fingerprint density at radius 1 is 1.19 bits per heavy atom. The first-order valence-electron chi connectivity index (χ1n) is 10.4. The van der Waals surface area contributed by atoms with E-state index in [-0.39, 0.29) is 11.9 Å². The number of benzene rings is 2. The van der Waals surface area contributed by atoms with Gasteiger partial charge in [0.2, 0.25) is 0 Å². The van der Waals surface area contributed by atoms with Crippen molar-refractivity contribution in [2.24, 2.45) is 0 Å². The summed E-state index contributed by atoms with van der Waals surface area (Å²) in [7, 11) is 0. The van der Waals surface area contributed by atoms with E-state index in [1.807, 2.05) is 48.2 Å². The molecule has 162 valence electrons. The molecule has 0 aliphatic carbocycles. The van der Waals surface area contributed by atoms with Gasteiger partial charge in [0.15, 0.2) is 11.0 Å². The lowest BCUT2D eigenvalue weighted by Crippen LogP contribution is -2.32. The van der Waals surface area contributed by atoms with Crippen LogP contribution in [0.4, 0.5) is 0 Å². The van der Waals surface area contributed by atoms with Gasteiger partial charge in [-0.1, -0.05) is 59.2 Å². The molecule has 3 aromatic rings. The van der Waals surface area contributed by atoms with Gasteiger partial charge in [-0.15, -0.1) is 10.2 Å². The summed E-state index contributed by atoms with van der Waals surface area (Å²) in [6, 6.07) is 13.2. The lowest BCUT2D eigenvalue weighted by atomic mass is 10.1. The Balaban J connectivity index is 1.56. The van der Waals surface area contributed by atoms with Crippen LogP contribution in [0.2, 0.25) is 10.0 Å². The van der Waals surface area contributed by atoms with Gasteiger partial charge in [0.05, 0.1) is 6.04 Å². The van der Waals surface area contributed by atoms with Gasteiger partial charge in [0, 0.05) is 34.5 Å². The molecule has 0 N–H and O–H groups in total. The second-order valence-electron chi connectivity index (χ2n) is 7.58. The van der Waals surface area contributed by atoms with E-state index in [1.165, 1.54) is 0 Å². The Labute approximate surface area is 196 Å². The third-order valence-corrected chi connectivity index (χ3v) is 7.22. The van der Waals surface area contributed by atoms with Gasteiger partial charge in [0.25, 0.3) is 5.91 Å². The van der Waals surface area contributed by atoms with Gasteiger partial charge in [-0.05, 0) is 56.0 Å². The van der Waals surface area contributed by atoms with Crippen molar-refractivity contribution >= 4 is 40.9 Å². The summed E-state index contributed by atoms with van der Waals surface area (Å²) in [4.78, 5) is 15.2. The number of aromatic nitrogens is 3. The molecule has 1 unspecified atom stereocenters. The molecule has 1 aliphatic rings. The van der Waals surface area contributed by atoms with E-state index in [4.69, 9.17) is 23.2 Å². The standard InChI is InChI=1S/C23H24Cl2N4OS/c1-3-28-21(26-27-23(28)31-14-16-10-11-17(24)13-19(16)25)20-9-6-12-29(20)22(30)18-8-5-4-7-15(18)2/h4-5,7-8,10-11,13,20H,3,6,9,12,14H2,1-2H3. The van der Waals surface area contributed by atoms with Crippen LogP contribution < -0.4 is 0 Å². The normalized spacial score (nSPS) is 16.1. The van der Waals surface area contributed by atoms with Gasteiger partial charge in [-0.25, -0.2) is 0 Å². The van der Waals surface area contributed by atoms with Crippen LogP contribution >= 0.6 is 35.0 Å². The molecule has 8 heteroatoms. The van der Waals surface area contributed by atoms with Crippen molar-refractivity contribution in [2.75, 3.05) is 6.54 Å². The zero-order valence-electron chi connectivity index (χ0n) is 17.5. The average molecular weight is 475 g/mol. The van der Waals surface area contributed by atoms with Gasteiger partial charge in [-0.2, -0.15) is 0 Å². The van der Waals surface area contributed by atoms with Crippen LogP contribution in [-0.4, -0.2) is 32.1 Å². The molecule has 1 saturated heterocycles. The zero-order valence-corrected chi connectivity index (χ0v) is 19.8. The van der Waals surface area contributed by atoms with Gasteiger partial charge < -0.3 is 9.47 Å². The third kappa shape index (κ3) is 4.61. The minimum atomic E-state index is -0.0620. The molecule has 0 spiro atoms. The van der Waals surface area contributed by atoms with Crippen LogP contribution in [-0.2, 0) is 12.3 Å². The highest BCUT2D eigenvalue weighted by Gasteiger charge is 2.35. The number of halogens is 2. The van der Waals surface area contributed by atoms with E-state index in [0.717, 1.165) is 53.6 Å². The van der Waals surface area contributed by atoms with Crippen molar-refractivity contribution in [1.29, 1.82) is 0 Å². The van der Waals surface area contributed by atoms with E-state index < -0.39 is 0 Å². The quantitative estimate of drug-likeness (QED) is 0.400. The molecule has 2 heterocycles. The highest BCUT2D eigenvalue weighted by molar-refractivity contribution is 7.98. The van der Waals surface area contributed by atoms with Crippen molar-refractivity contribution in [1.82, 2.24) is 19.7 Å². The molecular weight excluding hydrogens is 451 g/mol. The SMILES string of the molecule is CCn1c(SCc2ccc(Cl)cc2Cl)nnc1C1CCCN1C(=O)c1ccccc1C. The topological polar surface area (TPSA) is 51.0 Å². The van der Waals surface area contributed by atoms with Crippen LogP contribution in [0.15, 0.2) is 47.6 Å². The van der Waals surface area contributed by atoms with Gasteiger partial charge in [-0.3, -0.25) is 4.79 Å². The number of rotatable bonds is 6. The first-order chi connectivity index (χ1) is 15.0. The number of carbonyl (C=O) groups is 1. The first kappa shape index (κ1) is 22.2. The summed E-state index contributed by atoms with van der Waals surface area (Å²) in [5.74, 6) is 1.59. The van der Waals surface area contributed by atoms with Crippen molar-refractivity contribution in [3.8, 4) is 0 Å². The van der Waals surface area contributed by atoms with Gasteiger partial charge >= 0.3 is 0 Å². The van der Waals surface area contributed by atoms with E-state index >= 15 is 0 Å². The van der Waals surface area contributed by atoms with Crippen molar-refractivity contribution in [3.05, 3.63) is 75.0 Å². The summed E-state index contributed by atoms with van der Waals surface area (Å²) < 4.78 is 2.11. The minimum Gasteiger partial charge on any atom is -0.328 e. The second kappa shape index (κ2) is 9.63. The van der Waals surface area contributed by atoms with E-state index in [1.54, 1.807) is 17.8 Å². The molecule has 31 heavy (non-hydrogen) atoms. The second-order valence-corrected chi connectivity index (χ2v) is 9.37.